The van der Waals surface area contributed by atoms with Gasteiger partial charge in [0.2, 0.25) is 0 Å². The molecule has 0 aliphatic carbocycles. The number of hydrogen-bond acceptors (Lipinski definition) is 3. The second-order valence-corrected chi connectivity index (χ2v) is 4.29. The summed E-state index contributed by atoms with van der Waals surface area (Å²) in [6.45, 7) is 2.10. The van der Waals surface area contributed by atoms with Crippen LogP contribution in [-0.4, -0.2) is 22.5 Å². The zero-order valence-corrected chi connectivity index (χ0v) is 10.1. The lowest BCUT2D eigenvalue weighted by Gasteiger charge is -2.08. The van der Waals surface area contributed by atoms with Gasteiger partial charge < -0.3 is 15.5 Å². The second kappa shape index (κ2) is 4.31. The number of halogens is 1. The van der Waals surface area contributed by atoms with E-state index in [4.69, 9.17) is 17.3 Å². The molecule has 0 saturated carbocycles. The van der Waals surface area contributed by atoms with Gasteiger partial charge in [-0.25, -0.2) is 4.98 Å². The van der Waals surface area contributed by atoms with Crippen LogP contribution in [0.1, 0.15) is 12.7 Å². The number of nitrogens with one attached hydrogen (secondary N) is 1. The SMILES string of the molecule is CNC(C)Cc1nc(Cl)c2cc(N)ccn12. The summed E-state index contributed by atoms with van der Waals surface area (Å²) in [5.41, 5.74) is 7.28. The summed E-state index contributed by atoms with van der Waals surface area (Å²) in [5, 5.41) is 3.68. The van der Waals surface area contributed by atoms with Crippen LogP contribution in [-0.2, 0) is 6.42 Å². The number of nitrogens with zero attached hydrogens (tertiary/aromatic N) is 2. The maximum absolute atomic E-state index is 6.07. The molecule has 0 aliphatic heterocycles. The Labute approximate surface area is 99.4 Å². The van der Waals surface area contributed by atoms with E-state index in [9.17, 15) is 0 Å². The minimum absolute atomic E-state index is 0.360. The fraction of sp³-hybridized carbons (Fsp3) is 0.364. The smallest absolute Gasteiger partial charge is 0.155 e. The van der Waals surface area contributed by atoms with E-state index in [1.54, 1.807) is 0 Å². The Morgan fingerprint density at radius 3 is 3.06 bits per heavy atom. The van der Waals surface area contributed by atoms with Gasteiger partial charge in [0.05, 0.1) is 5.52 Å². The third kappa shape index (κ3) is 1.99. The Morgan fingerprint density at radius 1 is 1.62 bits per heavy atom. The maximum Gasteiger partial charge on any atom is 0.155 e. The van der Waals surface area contributed by atoms with Crippen molar-refractivity contribution in [1.29, 1.82) is 0 Å². The number of pyridine rings is 1. The number of imidazole rings is 1. The van der Waals surface area contributed by atoms with Crippen molar-refractivity contribution >= 4 is 22.8 Å². The maximum atomic E-state index is 6.07. The first kappa shape index (κ1) is 11.2. The molecule has 5 heteroatoms. The first-order chi connectivity index (χ1) is 7.61. The van der Waals surface area contributed by atoms with Crippen molar-refractivity contribution in [2.24, 2.45) is 0 Å². The minimum atomic E-state index is 0.360. The first-order valence-electron chi connectivity index (χ1n) is 5.21. The van der Waals surface area contributed by atoms with Crippen molar-refractivity contribution < 1.29 is 0 Å². The van der Waals surface area contributed by atoms with E-state index in [0.29, 0.717) is 16.9 Å². The molecule has 0 bridgehead atoms. The van der Waals surface area contributed by atoms with Crippen LogP contribution in [0.25, 0.3) is 5.52 Å². The summed E-state index contributed by atoms with van der Waals surface area (Å²) in [4.78, 5) is 4.35. The van der Waals surface area contributed by atoms with E-state index in [-0.39, 0.29) is 0 Å². The molecule has 0 saturated heterocycles. The van der Waals surface area contributed by atoms with Gasteiger partial charge in [0.15, 0.2) is 5.15 Å². The summed E-state index contributed by atoms with van der Waals surface area (Å²) in [6.07, 6.45) is 2.73. The molecular weight excluding hydrogens is 224 g/mol. The molecule has 4 nitrogen and oxygen atoms in total. The fourth-order valence-corrected chi connectivity index (χ4v) is 1.89. The molecule has 2 aromatic rings. The first-order valence-corrected chi connectivity index (χ1v) is 5.59. The van der Waals surface area contributed by atoms with Gasteiger partial charge in [-0.1, -0.05) is 11.6 Å². The average molecular weight is 239 g/mol. The summed E-state index contributed by atoms with van der Waals surface area (Å²) < 4.78 is 1.98. The van der Waals surface area contributed by atoms with Crippen LogP contribution in [0.2, 0.25) is 5.15 Å². The van der Waals surface area contributed by atoms with Crippen molar-refractivity contribution in [3.05, 3.63) is 29.3 Å². The van der Waals surface area contributed by atoms with Crippen LogP contribution in [0.5, 0.6) is 0 Å². The normalized spacial score (nSPS) is 13.2. The van der Waals surface area contributed by atoms with E-state index in [1.165, 1.54) is 0 Å². The lowest BCUT2D eigenvalue weighted by Crippen LogP contribution is -2.24. The highest BCUT2D eigenvalue weighted by molar-refractivity contribution is 6.32. The zero-order valence-electron chi connectivity index (χ0n) is 9.37. The molecule has 0 aliphatic rings. The van der Waals surface area contributed by atoms with Crippen molar-refractivity contribution in [2.45, 2.75) is 19.4 Å². The summed E-state index contributed by atoms with van der Waals surface area (Å²) in [7, 11) is 1.93. The topological polar surface area (TPSA) is 55.3 Å². The lowest BCUT2D eigenvalue weighted by molar-refractivity contribution is 0.590. The fourth-order valence-electron chi connectivity index (χ4n) is 1.64. The van der Waals surface area contributed by atoms with Crippen molar-refractivity contribution in [1.82, 2.24) is 14.7 Å². The standard InChI is InChI=1S/C11H15ClN4/c1-7(14-2)5-10-15-11(12)9-6-8(13)3-4-16(9)10/h3-4,6-7,14H,5,13H2,1-2H3. The number of nitrogens with two attached hydrogens (primary N) is 1. The minimum Gasteiger partial charge on any atom is -0.399 e. The Morgan fingerprint density at radius 2 is 2.38 bits per heavy atom. The number of aromatic nitrogens is 2. The van der Waals surface area contributed by atoms with E-state index in [0.717, 1.165) is 17.8 Å². The molecule has 3 N–H and O–H groups in total. The van der Waals surface area contributed by atoms with Crippen LogP contribution in [0.4, 0.5) is 5.69 Å². The monoisotopic (exact) mass is 238 g/mol. The highest BCUT2D eigenvalue weighted by Gasteiger charge is 2.11. The number of anilines is 1. The van der Waals surface area contributed by atoms with Crippen molar-refractivity contribution in [3.63, 3.8) is 0 Å². The van der Waals surface area contributed by atoms with E-state index in [2.05, 4.69) is 17.2 Å². The third-order valence-electron chi connectivity index (χ3n) is 2.68. The Hall–Kier alpha value is -1.26. The highest BCUT2D eigenvalue weighted by atomic mass is 35.5. The molecule has 2 heterocycles. The van der Waals surface area contributed by atoms with E-state index in [1.807, 2.05) is 29.8 Å². The van der Waals surface area contributed by atoms with Crippen LogP contribution < -0.4 is 11.1 Å². The Kier molecular flexibility index (Phi) is 3.03. The predicted octanol–water partition coefficient (Wildman–Crippen LogP) is 1.72. The molecule has 2 rings (SSSR count). The molecule has 86 valence electrons. The van der Waals surface area contributed by atoms with Crippen LogP contribution in [0, 0.1) is 0 Å². The van der Waals surface area contributed by atoms with Gasteiger partial charge in [-0.15, -0.1) is 0 Å². The zero-order chi connectivity index (χ0) is 11.7. The van der Waals surface area contributed by atoms with Crippen molar-refractivity contribution in [3.8, 4) is 0 Å². The molecule has 0 fully saturated rings. The average Bonchev–Trinajstić information content (AvgIpc) is 2.55. The highest BCUT2D eigenvalue weighted by Crippen LogP contribution is 2.21. The van der Waals surface area contributed by atoms with Gasteiger partial charge in [0.25, 0.3) is 0 Å². The van der Waals surface area contributed by atoms with Crippen molar-refractivity contribution in [2.75, 3.05) is 12.8 Å². The van der Waals surface area contributed by atoms with Gasteiger partial charge in [0, 0.05) is 24.3 Å². The predicted molar refractivity (Wildman–Crippen MR) is 66.8 cm³/mol. The summed E-state index contributed by atoms with van der Waals surface area (Å²) in [6, 6.07) is 4.04. The number of likely N-dealkylation sites (N-methyl/N-ethyl adjacent to an activating group) is 1. The third-order valence-corrected chi connectivity index (χ3v) is 2.96. The van der Waals surface area contributed by atoms with Crippen LogP contribution >= 0.6 is 11.6 Å². The van der Waals surface area contributed by atoms with Gasteiger partial charge >= 0.3 is 0 Å². The van der Waals surface area contributed by atoms with Crippen LogP contribution in [0.15, 0.2) is 18.3 Å². The molecule has 1 unspecified atom stereocenters. The Balaban J connectivity index is 2.47. The number of nitrogen functional groups attached to an aromatic ring is 1. The molecule has 0 radical (unpaired) electrons. The summed E-state index contributed by atoms with van der Waals surface area (Å²) in [5.74, 6) is 0.946. The Bertz CT molecular complexity index is 506. The van der Waals surface area contributed by atoms with Crippen LogP contribution in [0.3, 0.4) is 0 Å². The quantitative estimate of drug-likeness (QED) is 0.856. The molecule has 0 aromatic carbocycles. The second-order valence-electron chi connectivity index (χ2n) is 3.93. The largest absolute Gasteiger partial charge is 0.399 e. The van der Waals surface area contributed by atoms with Gasteiger partial charge in [-0.05, 0) is 26.1 Å². The molecular formula is C11H15ClN4. The molecule has 2 aromatic heterocycles. The lowest BCUT2D eigenvalue weighted by atomic mass is 10.2. The molecule has 0 amide bonds. The summed E-state index contributed by atoms with van der Waals surface area (Å²) >= 11 is 6.07. The van der Waals surface area contributed by atoms with Gasteiger partial charge in [-0.3, -0.25) is 0 Å². The van der Waals surface area contributed by atoms with Gasteiger partial charge in [0.1, 0.15) is 5.82 Å². The van der Waals surface area contributed by atoms with Gasteiger partial charge in [-0.2, -0.15) is 0 Å². The molecule has 16 heavy (non-hydrogen) atoms. The number of rotatable bonds is 3. The van der Waals surface area contributed by atoms with E-state index >= 15 is 0 Å². The molecule has 1 atom stereocenters. The van der Waals surface area contributed by atoms with E-state index < -0.39 is 0 Å². The number of hydrogen-bond donors (Lipinski definition) is 2. The molecule has 0 spiro atoms. The number of fused-ring (bicyclic) bond motifs is 1.